The lowest BCUT2D eigenvalue weighted by Gasteiger charge is -2.30. The Morgan fingerprint density at radius 1 is 1.05 bits per heavy atom. The highest BCUT2D eigenvalue weighted by atomic mass is 19.3. The van der Waals surface area contributed by atoms with E-state index in [-0.39, 0.29) is 30.4 Å². The molecule has 3 aromatic carbocycles. The molecular weight excluding hydrogens is 493 g/mol. The average molecular weight is 527 g/mol. The zero-order chi connectivity index (χ0) is 26.7. The number of rotatable bonds is 11. The lowest BCUT2D eigenvalue weighted by Crippen LogP contribution is -2.51. The third-order valence-electron chi connectivity index (χ3n) is 7.34. The van der Waals surface area contributed by atoms with Crippen molar-refractivity contribution in [2.24, 2.45) is 0 Å². The molecule has 2 N–H and O–H groups in total. The first kappa shape index (κ1) is 26.5. The fraction of sp³-hybridized carbons (Fsp3) is 0.433. The first-order valence-electron chi connectivity index (χ1n) is 13.3. The van der Waals surface area contributed by atoms with Crippen molar-refractivity contribution in [2.45, 2.75) is 62.7 Å². The van der Waals surface area contributed by atoms with E-state index in [1.165, 1.54) is 12.1 Å². The van der Waals surface area contributed by atoms with Crippen molar-refractivity contribution in [1.29, 1.82) is 0 Å². The van der Waals surface area contributed by atoms with Gasteiger partial charge in [-0.05, 0) is 79.2 Å². The second-order valence-electron chi connectivity index (χ2n) is 10.4. The quantitative estimate of drug-likeness (QED) is 0.351. The smallest absolute Gasteiger partial charge is 0.324 e. The number of carbonyl (C=O) groups is 1. The van der Waals surface area contributed by atoms with Gasteiger partial charge in [-0.3, -0.25) is 4.79 Å². The predicted octanol–water partition coefficient (Wildman–Crippen LogP) is 5.40. The third kappa shape index (κ3) is 6.48. The maximum absolute atomic E-state index is 15.0. The Labute approximate surface area is 220 Å². The molecule has 5 rings (SSSR count). The van der Waals surface area contributed by atoms with Crippen molar-refractivity contribution < 1.29 is 27.8 Å². The van der Waals surface area contributed by atoms with Crippen LogP contribution in [0.4, 0.5) is 13.2 Å². The van der Waals surface area contributed by atoms with Crippen molar-refractivity contribution in [3.8, 4) is 5.75 Å². The van der Waals surface area contributed by atoms with E-state index in [1.807, 2.05) is 41.3 Å². The van der Waals surface area contributed by atoms with Gasteiger partial charge in [0.25, 0.3) is 5.91 Å². The summed E-state index contributed by atoms with van der Waals surface area (Å²) in [5.74, 6) is -5.60. The van der Waals surface area contributed by atoms with Crippen molar-refractivity contribution >= 4 is 16.7 Å². The van der Waals surface area contributed by atoms with Crippen molar-refractivity contribution in [2.75, 3.05) is 19.6 Å². The number of hydrogen-bond acceptors (Lipinski definition) is 4. The molecule has 1 heterocycles. The number of likely N-dealkylation sites (tertiary alicyclic amines) is 1. The van der Waals surface area contributed by atoms with E-state index in [0.717, 1.165) is 55.6 Å². The lowest BCUT2D eigenvalue weighted by atomic mass is 9.99. The second-order valence-corrected chi connectivity index (χ2v) is 10.4. The molecule has 38 heavy (non-hydrogen) atoms. The molecule has 0 radical (unpaired) electrons. The monoisotopic (exact) mass is 526 g/mol. The molecule has 2 fully saturated rings. The number of aryl methyl sites for hydroxylation is 1. The molecule has 0 aromatic heterocycles. The molecule has 1 aliphatic carbocycles. The van der Waals surface area contributed by atoms with Gasteiger partial charge in [0.15, 0.2) is 11.6 Å². The van der Waals surface area contributed by atoms with Crippen LogP contribution in [0.25, 0.3) is 10.8 Å². The highest BCUT2D eigenvalue weighted by Gasteiger charge is 2.41. The molecule has 1 amide bonds. The van der Waals surface area contributed by atoms with Crippen LogP contribution in [0.3, 0.4) is 0 Å². The lowest BCUT2D eigenvalue weighted by molar-refractivity contribution is -0.148. The maximum Gasteiger partial charge on any atom is 0.324 e. The SMILES string of the molecule is O=C(NC(CN1CCCC1)C(O)c1ccc(OC2CC2)c(F)c1)C(F)(F)CCc1ccc2ccccc2c1. The molecule has 3 aromatic rings. The van der Waals surface area contributed by atoms with Crippen LogP contribution in [0.5, 0.6) is 5.75 Å². The van der Waals surface area contributed by atoms with Crippen molar-refractivity contribution in [3.05, 3.63) is 77.6 Å². The summed E-state index contributed by atoms with van der Waals surface area (Å²) < 4.78 is 50.2. The van der Waals surface area contributed by atoms with Gasteiger partial charge in [0.2, 0.25) is 0 Å². The highest BCUT2D eigenvalue weighted by molar-refractivity contribution is 5.84. The fourth-order valence-electron chi connectivity index (χ4n) is 4.95. The summed E-state index contributed by atoms with van der Waals surface area (Å²) in [5, 5.41) is 15.4. The summed E-state index contributed by atoms with van der Waals surface area (Å²) in [6, 6.07) is 16.3. The number of fused-ring (bicyclic) bond motifs is 1. The second kappa shape index (κ2) is 11.3. The minimum absolute atomic E-state index is 0.0133. The summed E-state index contributed by atoms with van der Waals surface area (Å²) in [5.41, 5.74) is 0.920. The summed E-state index contributed by atoms with van der Waals surface area (Å²) in [6.07, 6.45) is 1.69. The van der Waals surface area contributed by atoms with E-state index in [0.29, 0.717) is 5.56 Å². The molecule has 2 unspecified atom stereocenters. The number of benzene rings is 3. The minimum Gasteiger partial charge on any atom is -0.487 e. The summed E-state index contributed by atoms with van der Waals surface area (Å²) >= 11 is 0. The molecule has 0 bridgehead atoms. The fourth-order valence-corrected chi connectivity index (χ4v) is 4.95. The van der Waals surface area contributed by atoms with Gasteiger partial charge in [0.1, 0.15) is 6.10 Å². The molecule has 2 aliphatic rings. The number of carbonyl (C=O) groups excluding carboxylic acids is 1. The normalized spacial score (nSPS) is 17.9. The van der Waals surface area contributed by atoms with Crippen LogP contribution in [-0.4, -0.2) is 53.6 Å². The van der Waals surface area contributed by atoms with Gasteiger partial charge in [-0.15, -0.1) is 0 Å². The first-order chi connectivity index (χ1) is 18.3. The van der Waals surface area contributed by atoms with Gasteiger partial charge in [0.05, 0.1) is 12.1 Å². The van der Waals surface area contributed by atoms with Gasteiger partial charge >= 0.3 is 5.92 Å². The van der Waals surface area contributed by atoms with Gasteiger partial charge in [0, 0.05) is 13.0 Å². The van der Waals surface area contributed by atoms with Crippen LogP contribution < -0.4 is 10.1 Å². The van der Waals surface area contributed by atoms with E-state index < -0.39 is 36.2 Å². The Bertz CT molecular complexity index is 1270. The highest BCUT2D eigenvalue weighted by Crippen LogP contribution is 2.31. The minimum atomic E-state index is -3.64. The van der Waals surface area contributed by atoms with E-state index in [2.05, 4.69) is 5.32 Å². The van der Waals surface area contributed by atoms with Crippen molar-refractivity contribution in [1.82, 2.24) is 10.2 Å². The molecule has 202 valence electrons. The van der Waals surface area contributed by atoms with Gasteiger partial charge < -0.3 is 20.1 Å². The first-order valence-corrected chi connectivity index (χ1v) is 13.3. The van der Waals surface area contributed by atoms with E-state index in [1.54, 1.807) is 6.07 Å². The Balaban J connectivity index is 1.27. The van der Waals surface area contributed by atoms with Crippen LogP contribution in [0.15, 0.2) is 60.7 Å². The van der Waals surface area contributed by atoms with Crippen LogP contribution in [0.1, 0.15) is 49.3 Å². The molecule has 8 heteroatoms. The predicted molar refractivity (Wildman–Crippen MR) is 140 cm³/mol. The zero-order valence-corrected chi connectivity index (χ0v) is 21.2. The molecule has 2 atom stereocenters. The van der Waals surface area contributed by atoms with Crippen LogP contribution in [-0.2, 0) is 11.2 Å². The van der Waals surface area contributed by atoms with Gasteiger partial charge in [-0.2, -0.15) is 8.78 Å². The van der Waals surface area contributed by atoms with Crippen molar-refractivity contribution in [3.63, 3.8) is 0 Å². The van der Waals surface area contributed by atoms with Gasteiger partial charge in [-0.1, -0.05) is 48.5 Å². The number of aliphatic hydroxyl groups excluding tert-OH is 1. The Kier molecular flexibility index (Phi) is 7.91. The largest absolute Gasteiger partial charge is 0.487 e. The molecular formula is C30H33F3N2O3. The van der Waals surface area contributed by atoms with E-state index >= 15 is 8.78 Å². The number of nitrogens with one attached hydrogen (secondary N) is 1. The number of hydrogen-bond donors (Lipinski definition) is 2. The molecule has 1 saturated heterocycles. The Hall–Kier alpha value is -3.10. The molecule has 1 saturated carbocycles. The topological polar surface area (TPSA) is 61.8 Å². The summed E-state index contributed by atoms with van der Waals surface area (Å²) in [4.78, 5) is 14.8. The van der Waals surface area contributed by atoms with Crippen LogP contribution in [0, 0.1) is 5.82 Å². The molecule has 0 spiro atoms. The number of halogens is 3. The molecule has 1 aliphatic heterocycles. The summed E-state index contributed by atoms with van der Waals surface area (Å²) in [6.45, 7) is 1.69. The third-order valence-corrected chi connectivity index (χ3v) is 7.34. The number of ether oxygens (including phenoxy) is 1. The van der Waals surface area contributed by atoms with Crippen LogP contribution >= 0.6 is 0 Å². The van der Waals surface area contributed by atoms with E-state index in [9.17, 15) is 14.3 Å². The maximum atomic E-state index is 15.0. The Morgan fingerprint density at radius 2 is 1.79 bits per heavy atom. The van der Waals surface area contributed by atoms with Gasteiger partial charge in [-0.25, -0.2) is 4.39 Å². The number of alkyl halides is 2. The standard InChI is InChI=1S/C30H33F3N2O3/c31-25-18-23(9-12-27(25)38-24-10-11-24)28(36)26(19-35-15-3-4-16-35)34-29(37)30(32,33)14-13-20-7-8-21-5-1-2-6-22(21)17-20/h1-2,5-9,12,17-18,24,26,28,36H,3-4,10-11,13-16,19H2,(H,34,37). The zero-order valence-electron chi connectivity index (χ0n) is 21.2. The summed E-state index contributed by atoms with van der Waals surface area (Å²) in [7, 11) is 0. The van der Waals surface area contributed by atoms with E-state index in [4.69, 9.17) is 4.74 Å². The average Bonchev–Trinajstić information content (AvgIpc) is 3.59. The Morgan fingerprint density at radius 3 is 2.50 bits per heavy atom. The number of nitrogens with zero attached hydrogens (tertiary/aromatic N) is 1. The number of aliphatic hydroxyl groups is 1. The number of amides is 1. The molecule has 5 nitrogen and oxygen atoms in total. The van der Waals surface area contributed by atoms with Crippen LogP contribution in [0.2, 0.25) is 0 Å².